The number of aromatic nitrogens is 4. The minimum Gasteiger partial charge on any atom is -0.368 e. The molecule has 0 saturated carbocycles. The molecule has 4 rings (SSSR count). The van der Waals surface area contributed by atoms with E-state index >= 15 is 0 Å². The number of hydrogen-bond donors (Lipinski definition) is 3. The Balaban J connectivity index is 1.33. The van der Waals surface area contributed by atoms with Gasteiger partial charge in [-0.25, -0.2) is 9.97 Å². The van der Waals surface area contributed by atoms with Crippen LogP contribution < -0.4 is 10.6 Å². The van der Waals surface area contributed by atoms with Gasteiger partial charge < -0.3 is 20.1 Å². The van der Waals surface area contributed by atoms with Crippen molar-refractivity contribution in [2.75, 3.05) is 17.2 Å². The second kappa shape index (κ2) is 7.28. The van der Waals surface area contributed by atoms with E-state index in [2.05, 4.69) is 42.9 Å². The van der Waals surface area contributed by atoms with Crippen molar-refractivity contribution in [2.45, 2.75) is 13.3 Å². The molecule has 0 aliphatic heterocycles. The monoisotopic (exact) mass is 362 g/mol. The number of hydrogen-bond acceptors (Lipinski definition) is 6. The van der Waals surface area contributed by atoms with Crippen LogP contribution in [0.1, 0.15) is 21.8 Å². The topological polar surface area (TPSA) is 109 Å². The zero-order valence-corrected chi connectivity index (χ0v) is 14.7. The zero-order valence-electron chi connectivity index (χ0n) is 14.7. The van der Waals surface area contributed by atoms with Crippen molar-refractivity contribution in [1.82, 2.24) is 20.1 Å². The highest BCUT2D eigenvalue weighted by Crippen LogP contribution is 2.18. The number of nitrogens with zero attached hydrogens (tertiary/aromatic N) is 3. The number of para-hydroxylation sites is 1. The summed E-state index contributed by atoms with van der Waals surface area (Å²) >= 11 is 0. The Bertz CT molecular complexity index is 1070. The molecule has 0 fully saturated rings. The number of H-pyrrole nitrogens is 1. The summed E-state index contributed by atoms with van der Waals surface area (Å²) in [5.74, 6) is 1.19. The first-order valence-corrected chi connectivity index (χ1v) is 8.54. The molecule has 136 valence electrons. The van der Waals surface area contributed by atoms with E-state index < -0.39 is 0 Å². The van der Waals surface area contributed by atoms with Gasteiger partial charge in [-0.2, -0.15) is 0 Å². The molecule has 3 N–H and O–H groups in total. The summed E-state index contributed by atoms with van der Waals surface area (Å²) in [4.78, 5) is 23.8. The molecule has 0 bridgehead atoms. The van der Waals surface area contributed by atoms with Crippen LogP contribution in [-0.2, 0) is 6.42 Å². The Morgan fingerprint density at radius 3 is 2.85 bits per heavy atom. The maximum Gasteiger partial charge on any atom is 0.277 e. The van der Waals surface area contributed by atoms with Gasteiger partial charge in [-0.1, -0.05) is 23.4 Å². The largest absolute Gasteiger partial charge is 0.368 e. The van der Waals surface area contributed by atoms with Gasteiger partial charge in [0.05, 0.1) is 12.4 Å². The lowest BCUT2D eigenvalue weighted by molar-refractivity contribution is 0.102. The molecule has 0 unspecified atom stereocenters. The van der Waals surface area contributed by atoms with Crippen molar-refractivity contribution >= 4 is 28.4 Å². The molecule has 4 aromatic rings. The minimum atomic E-state index is -0.388. The maximum atomic E-state index is 12.1. The lowest BCUT2D eigenvalue weighted by Crippen LogP contribution is -2.15. The molecule has 27 heavy (non-hydrogen) atoms. The van der Waals surface area contributed by atoms with Gasteiger partial charge in [0.1, 0.15) is 17.3 Å². The molecule has 0 spiro atoms. The molecule has 3 aromatic heterocycles. The summed E-state index contributed by atoms with van der Waals surface area (Å²) in [6.45, 7) is 2.46. The van der Waals surface area contributed by atoms with E-state index in [9.17, 15) is 4.79 Å². The summed E-state index contributed by atoms with van der Waals surface area (Å²) in [6.07, 6.45) is 5.84. The first-order chi connectivity index (χ1) is 13.2. The van der Waals surface area contributed by atoms with Gasteiger partial charge >= 0.3 is 0 Å². The van der Waals surface area contributed by atoms with Crippen LogP contribution in [0.4, 0.5) is 11.6 Å². The van der Waals surface area contributed by atoms with Crippen LogP contribution in [-0.4, -0.2) is 32.6 Å². The van der Waals surface area contributed by atoms with E-state index in [4.69, 9.17) is 4.52 Å². The second-order valence-corrected chi connectivity index (χ2v) is 6.10. The fourth-order valence-electron chi connectivity index (χ4n) is 2.81. The number of benzene rings is 1. The highest BCUT2D eigenvalue weighted by molar-refractivity contribution is 6.02. The van der Waals surface area contributed by atoms with Crippen LogP contribution in [0.25, 0.3) is 10.9 Å². The number of nitrogens with one attached hydrogen (secondary N) is 3. The molecule has 1 aromatic carbocycles. The quantitative estimate of drug-likeness (QED) is 0.486. The molecule has 0 saturated heterocycles. The van der Waals surface area contributed by atoms with Gasteiger partial charge in [0.15, 0.2) is 5.82 Å². The van der Waals surface area contributed by atoms with Crippen molar-refractivity contribution in [3.8, 4) is 0 Å². The van der Waals surface area contributed by atoms with Gasteiger partial charge in [-0.3, -0.25) is 4.79 Å². The van der Waals surface area contributed by atoms with Crippen LogP contribution in [0, 0.1) is 6.92 Å². The molecular formula is C19H18N6O2. The van der Waals surface area contributed by atoms with Crippen molar-refractivity contribution in [1.29, 1.82) is 0 Å². The van der Waals surface area contributed by atoms with Crippen molar-refractivity contribution in [2.24, 2.45) is 0 Å². The first kappa shape index (κ1) is 16.8. The summed E-state index contributed by atoms with van der Waals surface area (Å²) in [6, 6.07) is 9.83. The molecule has 1 amide bonds. The third-order valence-electron chi connectivity index (χ3n) is 4.13. The van der Waals surface area contributed by atoms with Crippen molar-refractivity contribution in [3.63, 3.8) is 0 Å². The number of carbonyl (C=O) groups excluding carboxylic acids is 1. The number of aromatic amines is 1. The molecule has 0 atom stereocenters. The lowest BCUT2D eigenvalue weighted by Gasteiger charge is -2.06. The Morgan fingerprint density at radius 2 is 2.07 bits per heavy atom. The third-order valence-corrected chi connectivity index (χ3v) is 4.13. The zero-order chi connectivity index (χ0) is 18.6. The van der Waals surface area contributed by atoms with Crippen LogP contribution in [0.2, 0.25) is 0 Å². The van der Waals surface area contributed by atoms with Crippen LogP contribution >= 0.6 is 0 Å². The van der Waals surface area contributed by atoms with Gasteiger partial charge in [-0.05, 0) is 25.0 Å². The van der Waals surface area contributed by atoms with E-state index in [-0.39, 0.29) is 11.6 Å². The summed E-state index contributed by atoms with van der Waals surface area (Å²) in [7, 11) is 0. The molecule has 8 nitrogen and oxygen atoms in total. The van der Waals surface area contributed by atoms with E-state index in [0.29, 0.717) is 23.9 Å². The Morgan fingerprint density at radius 1 is 1.19 bits per heavy atom. The molecule has 8 heteroatoms. The number of carbonyl (C=O) groups is 1. The van der Waals surface area contributed by atoms with E-state index in [0.717, 1.165) is 11.9 Å². The predicted octanol–water partition coefficient (Wildman–Crippen LogP) is 3.16. The average molecular weight is 362 g/mol. The summed E-state index contributed by atoms with van der Waals surface area (Å²) in [5.41, 5.74) is 2.58. The van der Waals surface area contributed by atoms with E-state index in [1.54, 1.807) is 13.0 Å². The van der Waals surface area contributed by atoms with Gasteiger partial charge in [0.25, 0.3) is 5.91 Å². The fraction of sp³-hybridized carbons (Fsp3) is 0.158. The van der Waals surface area contributed by atoms with Gasteiger partial charge in [-0.15, -0.1) is 0 Å². The number of fused-ring (bicyclic) bond motifs is 1. The molecule has 0 aliphatic carbocycles. The third kappa shape index (κ3) is 3.79. The molecule has 0 radical (unpaired) electrons. The smallest absolute Gasteiger partial charge is 0.277 e. The lowest BCUT2D eigenvalue weighted by atomic mass is 10.1. The SMILES string of the molecule is Cc1cc(NC(=O)c2cnc(NCCc3c[nH]c4ccccc34)cn2)no1. The van der Waals surface area contributed by atoms with Crippen LogP contribution in [0.15, 0.2) is 53.4 Å². The average Bonchev–Trinajstić information content (AvgIpc) is 3.28. The normalized spacial score (nSPS) is 10.9. The highest BCUT2D eigenvalue weighted by Gasteiger charge is 2.11. The van der Waals surface area contributed by atoms with Gasteiger partial charge in [0.2, 0.25) is 0 Å². The fourth-order valence-corrected chi connectivity index (χ4v) is 2.81. The second-order valence-electron chi connectivity index (χ2n) is 6.10. The van der Waals surface area contributed by atoms with Crippen LogP contribution in [0.3, 0.4) is 0 Å². The molecule has 0 aliphatic rings. The maximum absolute atomic E-state index is 12.1. The molecular weight excluding hydrogens is 344 g/mol. The van der Waals surface area contributed by atoms with Crippen molar-refractivity contribution < 1.29 is 9.32 Å². The Hall–Kier alpha value is -3.68. The van der Waals surface area contributed by atoms with E-state index in [1.165, 1.54) is 23.3 Å². The Kier molecular flexibility index (Phi) is 4.52. The number of rotatable bonds is 6. The number of aryl methyl sites for hydroxylation is 1. The van der Waals surface area contributed by atoms with Gasteiger partial charge in [0, 0.05) is 29.7 Å². The summed E-state index contributed by atoms with van der Waals surface area (Å²) in [5, 5.41) is 10.8. The van der Waals surface area contributed by atoms with Crippen molar-refractivity contribution in [3.05, 3.63) is 65.9 Å². The first-order valence-electron chi connectivity index (χ1n) is 8.54. The number of anilines is 2. The molecule has 3 heterocycles. The van der Waals surface area contributed by atoms with Crippen LogP contribution in [0.5, 0.6) is 0 Å². The highest BCUT2D eigenvalue weighted by atomic mass is 16.5. The minimum absolute atomic E-state index is 0.206. The standard InChI is InChI=1S/C19H18N6O2/c1-12-8-17(25-27-12)24-19(26)16-10-23-18(11-22-16)20-7-6-13-9-21-15-5-3-2-4-14(13)15/h2-5,8-11,21H,6-7H2,1H3,(H,20,23)(H,24,25,26). The number of amides is 1. The Labute approximate surface area is 155 Å². The summed E-state index contributed by atoms with van der Waals surface area (Å²) < 4.78 is 4.91. The van der Waals surface area contributed by atoms with E-state index in [1.807, 2.05) is 18.3 Å². The predicted molar refractivity (Wildman–Crippen MR) is 102 cm³/mol.